The van der Waals surface area contributed by atoms with Crippen LogP contribution in [0, 0.1) is 0 Å². The lowest BCUT2D eigenvalue weighted by atomic mass is 10.1. The van der Waals surface area contributed by atoms with E-state index in [0.717, 1.165) is 5.57 Å². The molecule has 0 radical (unpaired) electrons. The van der Waals surface area contributed by atoms with Gasteiger partial charge in [0.05, 0.1) is 6.61 Å². The van der Waals surface area contributed by atoms with Crippen molar-refractivity contribution in [3.05, 3.63) is 23.8 Å². The van der Waals surface area contributed by atoms with Crippen LogP contribution in [0.15, 0.2) is 23.8 Å². The smallest absolute Gasteiger partial charge is 0.122 e. The molecule has 1 nitrogen and oxygen atoms in total. The Bertz CT molecular complexity index is 149. The molecular weight excluding hydrogens is 119 g/mol. The third-order valence-corrected chi connectivity index (χ3v) is 1.31. The van der Waals surface area contributed by atoms with Crippen molar-refractivity contribution in [2.75, 3.05) is 6.61 Å². The van der Waals surface area contributed by atoms with Gasteiger partial charge in [-0.15, -0.1) is 0 Å². The maximum Gasteiger partial charge on any atom is 0.122 e. The SMILES string of the molecule is OCC1=CCC(F)C=C1. The van der Waals surface area contributed by atoms with Gasteiger partial charge in [-0.3, -0.25) is 0 Å². The Morgan fingerprint density at radius 3 is 3.00 bits per heavy atom. The fourth-order valence-electron chi connectivity index (χ4n) is 0.756. The summed E-state index contributed by atoms with van der Waals surface area (Å²) in [6, 6.07) is 0. The van der Waals surface area contributed by atoms with Crippen LogP contribution in [0.2, 0.25) is 0 Å². The van der Waals surface area contributed by atoms with Gasteiger partial charge >= 0.3 is 0 Å². The molecule has 0 aromatic heterocycles. The summed E-state index contributed by atoms with van der Waals surface area (Å²) in [6.07, 6.45) is 4.36. The molecule has 0 spiro atoms. The normalized spacial score (nSPS) is 26.0. The van der Waals surface area contributed by atoms with Crippen molar-refractivity contribution in [2.24, 2.45) is 0 Å². The highest BCUT2D eigenvalue weighted by molar-refractivity contribution is 5.24. The van der Waals surface area contributed by atoms with E-state index in [1.807, 2.05) is 0 Å². The van der Waals surface area contributed by atoms with Gasteiger partial charge in [0.2, 0.25) is 0 Å². The van der Waals surface area contributed by atoms with Gasteiger partial charge in [-0.1, -0.05) is 18.2 Å². The fourth-order valence-corrected chi connectivity index (χ4v) is 0.756. The second-order valence-electron chi connectivity index (χ2n) is 2.05. The Labute approximate surface area is 53.5 Å². The van der Waals surface area contributed by atoms with E-state index < -0.39 is 6.17 Å². The minimum atomic E-state index is -0.847. The Balaban J connectivity index is 2.52. The monoisotopic (exact) mass is 128 g/mol. The van der Waals surface area contributed by atoms with Gasteiger partial charge in [0.25, 0.3) is 0 Å². The van der Waals surface area contributed by atoms with E-state index in [1.54, 1.807) is 12.2 Å². The molecule has 0 amide bonds. The van der Waals surface area contributed by atoms with Gasteiger partial charge in [0.1, 0.15) is 6.17 Å². The molecule has 2 heteroatoms. The average Bonchev–Trinajstić information content (AvgIpc) is 1.90. The second kappa shape index (κ2) is 2.78. The molecule has 0 saturated heterocycles. The van der Waals surface area contributed by atoms with Crippen molar-refractivity contribution >= 4 is 0 Å². The first kappa shape index (κ1) is 6.49. The molecule has 0 bridgehead atoms. The van der Waals surface area contributed by atoms with Gasteiger partial charge in [-0.25, -0.2) is 4.39 Å². The highest BCUT2D eigenvalue weighted by Gasteiger charge is 2.04. The highest BCUT2D eigenvalue weighted by atomic mass is 19.1. The molecule has 1 aliphatic rings. The molecule has 1 unspecified atom stereocenters. The fraction of sp³-hybridized carbons (Fsp3) is 0.429. The molecule has 0 aromatic carbocycles. The third-order valence-electron chi connectivity index (χ3n) is 1.31. The number of alkyl halides is 1. The van der Waals surface area contributed by atoms with Crippen LogP contribution in [-0.2, 0) is 0 Å². The molecule has 0 heterocycles. The summed E-state index contributed by atoms with van der Waals surface area (Å²) in [7, 11) is 0. The highest BCUT2D eigenvalue weighted by Crippen LogP contribution is 2.11. The molecule has 0 aromatic rings. The van der Waals surface area contributed by atoms with Crippen molar-refractivity contribution in [1.82, 2.24) is 0 Å². The molecule has 0 fully saturated rings. The van der Waals surface area contributed by atoms with Gasteiger partial charge < -0.3 is 5.11 Å². The van der Waals surface area contributed by atoms with Crippen LogP contribution >= 0.6 is 0 Å². The van der Waals surface area contributed by atoms with E-state index in [1.165, 1.54) is 6.08 Å². The van der Waals surface area contributed by atoms with Gasteiger partial charge in [-0.05, 0) is 5.57 Å². The molecule has 0 saturated carbocycles. The topological polar surface area (TPSA) is 20.2 Å². The maximum absolute atomic E-state index is 12.3. The average molecular weight is 128 g/mol. The summed E-state index contributed by atoms with van der Waals surface area (Å²) >= 11 is 0. The van der Waals surface area contributed by atoms with Crippen LogP contribution in [0.1, 0.15) is 6.42 Å². The molecule has 1 rings (SSSR count). The van der Waals surface area contributed by atoms with Crippen molar-refractivity contribution in [2.45, 2.75) is 12.6 Å². The number of hydrogen-bond donors (Lipinski definition) is 1. The number of aliphatic hydroxyl groups is 1. The van der Waals surface area contributed by atoms with Crippen molar-refractivity contribution in [3.63, 3.8) is 0 Å². The quantitative estimate of drug-likeness (QED) is 0.562. The summed E-state index contributed by atoms with van der Waals surface area (Å²) in [5.74, 6) is 0. The van der Waals surface area contributed by atoms with Crippen LogP contribution in [0.3, 0.4) is 0 Å². The third kappa shape index (κ3) is 1.64. The number of hydrogen-bond acceptors (Lipinski definition) is 1. The Morgan fingerprint density at radius 1 is 1.78 bits per heavy atom. The second-order valence-corrected chi connectivity index (χ2v) is 2.05. The van der Waals surface area contributed by atoms with Crippen LogP contribution in [0.25, 0.3) is 0 Å². The lowest BCUT2D eigenvalue weighted by Gasteiger charge is -2.05. The van der Waals surface area contributed by atoms with E-state index in [9.17, 15) is 4.39 Å². The maximum atomic E-state index is 12.3. The lowest BCUT2D eigenvalue weighted by molar-refractivity contribution is 0.331. The van der Waals surface area contributed by atoms with Crippen LogP contribution in [0.4, 0.5) is 4.39 Å². The molecule has 9 heavy (non-hydrogen) atoms. The van der Waals surface area contributed by atoms with Crippen molar-refractivity contribution in [3.8, 4) is 0 Å². The molecule has 1 atom stereocenters. The van der Waals surface area contributed by atoms with E-state index in [2.05, 4.69) is 0 Å². The van der Waals surface area contributed by atoms with Crippen molar-refractivity contribution < 1.29 is 9.50 Å². The Morgan fingerprint density at radius 2 is 2.56 bits per heavy atom. The van der Waals surface area contributed by atoms with E-state index in [0.29, 0.717) is 6.42 Å². The largest absolute Gasteiger partial charge is 0.392 e. The first-order valence-corrected chi connectivity index (χ1v) is 2.95. The number of rotatable bonds is 1. The van der Waals surface area contributed by atoms with E-state index >= 15 is 0 Å². The van der Waals surface area contributed by atoms with E-state index in [4.69, 9.17) is 5.11 Å². The van der Waals surface area contributed by atoms with Crippen molar-refractivity contribution in [1.29, 1.82) is 0 Å². The molecule has 50 valence electrons. The first-order valence-electron chi connectivity index (χ1n) is 2.95. The first-order chi connectivity index (χ1) is 4.33. The minimum Gasteiger partial charge on any atom is -0.392 e. The van der Waals surface area contributed by atoms with Crippen LogP contribution in [0.5, 0.6) is 0 Å². The number of halogens is 1. The number of allylic oxidation sites excluding steroid dienone is 2. The molecular formula is C7H9FO. The van der Waals surface area contributed by atoms with Gasteiger partial charge in [0, 0.05) is 6.42 Å². The zero-order chi connectivity index (χ0) is 6.69. The molecule has 0 aliphatic heterocycles. The van der Waals surface area contributed by atoms with Gasteiger partial charge in [-0.2, -0.15) is 0 Å². The van der Waals surface area contributed by atoms with Crippen LogP contribution < -0.4 is 0 Å². The Kier molecular flexibility index (Phi) is 2.01. The lowest BCUT2D eigenvalue weighted by Crippen LogP contribution is -2.00. The minimum absolute atomic E-state index is 0.0171. The Hall–Kier alpha value is -0.630. The summed E-state index contributed by atoms with van der Waals surface area (Å²) < 4.78 is 12.3. The summed E-state index contributed by atoms with van der Waals surface area (Å²) in [5, 5.41) is 8.54. The van der Waals surface area contributed by atoms with Crippen LogP contribution in [-0.4, -0.2) is 17.9 Å². The van der Waals surface area contributed by atoms with Gasteiger partial charge in [0.15, 0.2) is 0 Å². The predicted molar refractivity (Wildman–Crippen MR) is 33.8 cm³/mol. The predicted octanol–water partition coefficient (Wildman–Crippen LogP) is 1.20. The van der Waals surface area contributed by atoms with E-state index in [-0.39, 0.29) is 6.61 Å². The zero-order valence-corrected chi connectivity index (χ0v) is 5.05. The summed E-state index contributed by atoms with van der Waals surface area (Å²) in [4.78, 5) is 0. The molecule has 1 N–H and O–H groups in total. The summed E-state index contributed by atoms with van der Waals surface area (Å²) in [5.41, 5.74) is 0.809. The molecule has 1 aliphatic carbocycles. The zero-order valence-electron chi connectivity index (χ0n) is 5.05. The summed E-state index contributed by atoms with van der Waals surface area (Å²) in [6.45, 7) is 0.0171. The number of aliphatic hydroxyl groups excluding tert-OH is 1. The standard InChI is InChI=1S/C7H9FO/c8-7-3-1-6(5-9)2-4-7/h1-3,7,9H,4-5H2.